The Labute approximate surface area is 165 Å². The zero-order valence-electron chi connectivity index (χ0n) is 15.9. The van der Waals surface area contributed by atoms with E-state index >= 15 is 0 Å². The number of amides is 2. The summed E-state index contributed by atoms with van der Waals surface area (Å²) in [4.78, 5) is 36.0. The van der Waals surface area contributed by atoms with Gasteiger partial charge in [0.15, 0.2) is 23.6 Å². The molecule has 29 heavy (non-hydrogen) atoms. The number of halogens is 3. The number of esters is 1. The molecule has 0 radical (unpaired) electrons. The first-order chi connectivity index (χ1) is 13.6. The van der Waals surface area contributed by atoms with Crippen molar-refractivity contribution in [1.82, 2.24) is 5.32 Å². The zero-order chi connectivity index (χ0) is 21.7. The van der Waals surface area contributed by atoms with E-state index in [2.05, 4.69) is 5.32 Å². The molecule has 0 heterocycles. The minimum absolute atomic E-state index is 0.307. The number of rotatable bonds is 6. The first-order valence-corrected chi connectivity index (χ1v) is 8.59. The first-order valence-electron chi connectivity index (χ1n) is 8.59. The Morgan fingerprint density at radius 1 is 1.03 bits per heavy atom. The Morgan fingerprint density at radius 2 is 1.72 bits per heavy atom. The van der Waals surface area contributed by atoms with Gasteiger partial charge in [0.1, 0.15) is 0 Å². The highest BCUT2D eigenvalue weighted by atomic mass is 19.2. The molecule has 9 heteroatoms. The molecule has 0 saturated carbocycles. The second kappa shape index (κ2) is 9.22. The molecule has 0 saturated heterocycles. The number of aryl methyl sites for hydroxylation is 2. The summed E-state index contributed by atoms with van der Waals surface area (Å²) < 4.78 is 44.7. The van der Waals surface area contributed by atoms with Gasteiger partial charge in [-0.3, -0.25) is 9.59 Å². The molecule has 2 aromatic rings. The number of ether oxygens (including phenoxy) is 1. The van der Waals surface area contributed by atoms with Crippen LogP contribution in [0.5, 0.6) is 0 Å². The summed E-state index contributed by atoms with van der Waals surface area (Å²) in [7, 11) is 0. The van der Waals surface area contributed by atoms with Crippen LogP contribution in [0.15, 0.2) is 30.3 Å². The smallest absolute Gasteiger partial charge is 0.339 e. The van der Waals surface area contributed by atoms with Gasteiger partial charge in [0.05, 0.1) is 17.8 Å². The number of hydrogen-bond donors (Lipinski definition) is 2. The molecule has 0 bridgehead atoms. The molecule has 0 aromatic heterocycles. The molecule has 2 N–H and O–H groups in total. The molecule has 6 nitrogen and oxygen atoms in total. The number of benzene rings is 2. The molecule has 0 spiro atoms. The summed E-state index contributed by atoms with van der Waals surface area (Å²) in [6, 6.07) is 6.61. The summed E-state index contributed by atoms with van der Waals surface area (Å²) in [6.45, 7) is 4.33. The van der Waals surface area contributed by atoms with Crippen LogP contribution in [-0.4, -0.2) is 30.4 Å². The fourth-order valence-corrected chi connectivity index (χ4v) is 2.45. The highest BCUT2D eigenvalue weighted by Gasteiger charge is 2.21. The van der Waals surface area contributed by atoms with Gasteiger partial charge >= 0.3 is 5.97 Å². The van der Waals surface area contributed by atoms with Crippen LogP contribution in [0.25, 0.3) is 0 Å². The number of carbonyl (C=O) groups excluding carboxylic acids is 3. The second-order valence-corrected chi connectivity index (χ2v) is 6.35. The van der Waals surface area contributed by atoms with Crippen molar-refractivity contribution < 1.29 is 32.3 Å². The molecule has 2 amide bonds. The van der Waals surface area contributed by atoms with Crippen molar-refractivity contribution >= 4 is 23.5 Å². The molecule has 1 unspecified atom stereocenters. The molecular weight excluding hydrogens is 389 g/mol. The van der Waals surface area contributed by atoms with Gasteiger partial charge in [-0.25, -0.2) is 18.0 Å². The van der Waals surface area contributed by atoms with E-state index in [1.54, 1.807) is 25.1 Å². The predicted octanol–water partition coefficient (Wildman–Crippen LogP) is 3.02. The number of nitrogens with one attached hydrogen (secondary N) is 2. The molecule has 0 aliphatic rings. The monoisotopic (exact) mass is 408 g/mol. The third-order valence-corrected chi connectivity index (χ3v) is 3.99. The maximum absolute atomic E-state index is 13.5. The van der Waals surface area contributed by atoms with Gasteiger partial charge in [0, 0.05) is 0 Å². The molecule has 154 valence electrons. The maximum Gasteiger partial charge on any atom is 0.339 e. The lowest BCUT2D eigenvalue weighted by molar-refractivity contribution is -0.130. The average molecular weight is 408 g/mol. The van der Waals surface area contributed by atoms with Crippen LogP contribution in [0.2, 0.25) is 0 Å². The van der Waals surface area contributed by atoms with E-state index < -0.39 is 53.6 Å². The highest BCUT2D eigenvalue weighted by Crippen LogP contribution is 2.19. The van der Waals surface area contributed by atoms with Crippen LogP contribution in [0.1, 0.15) is 28.4 Å². The van der Waals surface area contributed by atoms with Crippen LogP contribution in [0, 0.1) is 31.3 Å². The van der Waals surface area contributed by atoms with Crippen LogP contribution in [0.3, 0.4) is 0 Å². The van der Waals surface area contributed by atoms with E-state index in [4.69, 9.17) is 4.74 Å². The molecule has 2 aromatic carbocycles. The van der Waals surface area contributed by atoms with Gasteiger partial charge in [0.25, 0.3) is 5.91 Å². The van der Waals surface area contributed by atoms with Crippen LogP contribution in [0.4, 0.5) is 18.9 Å². The van der Waals surface area contributed by atoms with E-state index in [0.29, 0.717) is 17.2 Å². The van der Waals surface area contributed by atoms with Gasteiger partial charge in [-0.1, -0.05) is 17.7 Å². The minimum Gasteiger partial charge on any atom is -0.449 e. The van der Waals surface area contributed by atoms with Crippen molar-refractivity contribution in [2.75, 3.05) is 11.9 Å². The molecule has 0 fully saturated rings. The Hall–Kier alpha value is -3.36. The lowest BCUT2D eigenvalue weighted by atomic mass is 10.1. The third-order valence-electron chi connectivity index (χ3n) is 3.99. The van der Waals surface area contributed by atoms with Crippen molar-refractivity contribution in [3.05, 3.63) is 64.5 Å². The summed E-state index contributed by atoms with van der Waals surface area (Å²) in [5.74, 6) is -7.01. The molecule has 2 rings (SSSR count). The van der Waals surface area contributed by atoms with E-state index in [-0.39, 0.29) is 0 Å². The van der Waals surface area contributed by atoms with Gasteiger partial charge in [-0.2, -0.15) is 0 Å². The largest absolute Gasteiger partial charge is 0.449 e. The standard InChI is InChI=1S/C20H19F3N2O4/c1-10-4-5-13(11(2)8-10)20(28)29-12(3)19(27)24-9-16(26)25-15-7-6-14(21)17(22)18(15)23/h4-8,12H,9H2,1-3H3,(H,24,27)(H,25,26). The van der Waals surface area contributed by atoms with Crippen molar-refractivity contribution in [3.8, 4) is 0 Å². The van der Waals surface area contributed by atoms with Gasteiger partial charge in [-0.15, -0.1) is 0 Å². The molecular formula is C20H19F3N2O4. The first kappa shape index (κ1) is 21.9. The van der Waals surface area contributed by atoms with E-state index in [1.165, 1.54) is 6.92 Å². The molecule has 0 aliphatic heterocycles. The van der Waals surface area contributed by atoms with Crippen molar-refractivity contribution in [3.63, 3.8) is 0 Å². The number of carbonyl (C=O) groups is 3. The summed E-state index contributed by atoms with van der Waals surface area (Å²) in [5.41, 5.74) is 1.39. The van der Waals surface area contributed by atoms with Crippen LogP contribution >= 0.6 is 0 Å². The normalized spacial score (nSPS) is 11.5. The lowest BCUT2D eigenvalue weighted by Gasteiger charge is -2.14. The van der Waals surface area contributed by atoms with E-state index in [1.807, 2.05) is 12.2 Å². The Kier molecular flexibility index (Phi) is 6.98. The van der Waals surface area contributed by atoms with E-state index in [0.717, 1.165) is 11.6 Å². The Morgan fingerprint density at radius 3 is 2.38 bits per heavy atom. The quantitative estimate of drug-likeness (QED) is 0.569. The second-order valence-electron chi connectivity index (χ2n) is 6.35. The Balaban J connectivity index is 1.89. The third kappa shape index (κ3) is 5.56. The van der Waals surface area contributed by atoms with Crippen LogP contribution in [-0.2, 0) is 14.3 Å². The number of hydrogen-bond acceptors (Lipinski definition) is 4. The van der Waals surface area contributed by atoms with Gasteiger partial charge in [0.2, 0.25) is 5.91 Å². The predicted molar refractivity (Wildman–Crippen MR) is 98.7 cm³/mol. The summed E-state index contributed by atoms with van der Waals surface area (Å²) in [6.07, 6.45) is -1.20. The lowest BCUT2D eigenvalue weighted by Crippen LogP contribution is -2.40. The van der Waals surface area contributed by atoms with Crippen molar-refractivity contribution in [2.45, 2.75) is 26.9 Å². The SMILES string of the molecule is Cc1ccc(C(=O)OC(C)C(=O)NCC(=O)Nc2ccc(F)c(F)c2F)c(C)c1. The fourth-order valence-electron chi connectivity index (χ4n) is 2.45. The fraction of sp³-hybridized carbons (Fsp3) is 0.250. The highest BCUT2D eigenvalue weighted by molar-refractivity contribution is 5.96. The van der Waals surface area contributed by atoms with E-state index in [9.17, 15) is 27.6 Å². The average Bonchev–Trinajstić information content (AvgIpc) is 2.66. The molecule has 0 aliphatic carbocycles. The van der Waals surface area contributed by atoms with Crippen molar-refractivity contribution in [1.29, 1.82) is 0 Å². The van der Waals surface area contributed by atoms with Gasteiger partial charge in [-0.05, 0) is 44.5 Å². The maximum atomic E-state index is 13.5. The van der Waals surface area contributed by atoms with Gasteiger partial charge < -0.3 is 15.4 Å². The van der Waals surface area contributed by atoms with Crippen molar-refractivity contribution in [2.24, 2.45) is 0 Å². The Bertz CT molecular complexity index is 963. The summed E-state index contributed by atoms with van der Waals surface area (Å²) in [5, 5.41) is 4.22. The summed E-state index contributed by atoms with van der Waals surface area (Å²) >= 11 is 0. The number of anilines is 1. The van der Waals surface area contributed by atoms with Crippen LogP contribution < -0.4 is 10.6 Å². The molecule has 1 atom stereocenters. The topological polar surface area (TPSA) is 84.5 Å². The zero-order valence-corrected chi connectivity index (χ0v) is 15.9. The minimum atomic E-state index is -1.72.